The number of aryl methyl sites for hydroxylation is 1. The molecule has 1 aromatic heterocycles. The zero-order valence-electron chi connectivity index (χ0n) is 14.6. The summed E-state index contributed by atoms with van der Waals surface area (Å²) in [6.45, 7) is 2.90. The average molecular weight is 372 g/mol. The molecule has 1 fully saturated rings. The Labute approximate surface area is 152 Å². The molecule has 2 heterocycles. The first-order valence-electron chi connectivity index (χ1n) is 8.78. The van der Waals surface area contributed by atoms with Crippen LogP contribution in [-0.4, -0.2) is 30.8 Å². The smallest absolute Gasteiger partial charge is 0.243 e. The normalized spacial score (nSPS) is 19.1. The molecule has 1 atom stereocenters. The average Bonchev–Trinajstić information content (AvgIpc) is 3.05. The lowest BCUT2D eigenvalue weighted by Gasteiger charge is -2.31. The SMILES string of the molecule is Cc1ccc(S(=O)(=O)N2CCCC(c3cc4cc(F)ccc4[nH]3)C2)cc1. The fourth-order valence-electron chi connectivity index (χ4n) is 3.62. The minimum Gasteiger partial charge on any atom is -0.358 e. The van der Waals surface area contributed by atoms with Crippen molar-refractivity contribution < 1.29 is 12.8 Å². The van der Waals surface area contributed by atoms with E-state index < -0.39 is 10.0 Å². The topological polar surface area (TPSA) is 53.2 Å². The molecule has 1 N–H and O–H groups in total. The summed E-state index contributed by atoms with van der Waals surface area (Å²) < 4.78 is 40.9. The largest absolute Gasteiger partial charge is 0.358 e. The van der Waals surface area contributed by atoms with E-state index in [9.17, 15) is 12.8 Å². The van der Waals surface area contributed by atoms with Crippen LogP contribution >= 0.6 is 0 Å². The van der Waals surface area contributed by atoms with Gasteiger partial charge in [0.25, 0.3) is 0 Å². The van der Waals surface area contributed by atoms with E-state index in [0.717, 1.165) is 35.0 Å². The Morgan fingerprint density at radius 3 is 2.65 bits per heavy atom. The highest BCUT2D eigenvalue weighted by atomic mass is 32.2. The fraction of sp³-hybridized carbons (Fsp3) is 0.300. The van der Waals surface area contributed by atoms with Gasteiger partial charge in [-0.1, -0.05) is 17.7 Å². The van der Waals surface area contributed by atoms with Crippen LogP contribution < -0.4 is 0 Å². The molecule has 1 unspecified atom stereocenters. The maximum atomic E-state index is 13.4. The first-order valence-corrected chi connectivity index (χ1v) is 10.2. The van der Waals surface area contributed by atoms with Crippen molar-refractivity contribution in [2.75, 3.05) is 13.1 Å². The van der Waals surface area contributed by atoms with Gasteiger partial charge >= 0.3 is 0 Å². The summed E-state index contributed by atoms with van der Waals surface area (Å²) in [5.74, 6) is -0.185. The van der Waals surface area contributed by atoms with Crippen LogP contribution in [0.15, 0.2) is 53.4 Å². The molecule has 0 aliphatic carbocycles. The number of halogens is 1. The number of nitrogens with zero attached hydrogens (tertiary/aromatic N) is 1. The van der Waals surface area contributed by atoms with Gasteiger partial charge in [-0.25, -0.2) is 12.8 Å². The van der Waals surface area contributed by atoms with E-state index in [0.29, 0.717) is 18.0 Å². The molecule has 0 amide bonds. The number of sulfonamides is 1. The van der Waals surface area contributed by atoms with Crippen LogP contribution in [0.5, 0.6) is 0 Å². The van der Waals surface area contributed by atoms with E-state index in [4.69, 9.17) is 0 Å². The van der Waals surface area contributed by atoms with E-state index in [1.54, 1.807) is 22.5 Å². The second kappa shape index (κ2) is 6.52. The molecule has 1 saturated heterocycles. The van der Waals surface area contributed by atoms with Crippen LogP contribution in [0.2, 0.25) is 0 Å². The van der Waals surface area contributed by atoms with Crippen molar-refractivity contribution in [3.8, 4) is 0 Å². The number of hydrogen-bond donors (Lipinski definition) is 1. The zero-order chi connectivity index (χ0) is 18.3. The second-order valence-electron chi connectivity index (χ2n) is 6.97. The fourth-order valence-corrected chi connectivity index (χ4v) is 5.14. The number of benzene rings is 2. The van der Waals surface area contributed by atoms with Gasteiger partial charge in [0.05, 0.1) is 4.90 Å². The van der Waals surface area contributed by atoms with Gasteiger partial charge in [-0.2, -0.15) is 4.31 Å². The maximum Gasteiger partial charge on any atom is 0.243 e. The molecule has 3 aromatic rings. The number of aromatic amines is 1. The van der Waals surface area contributed by atoms with Crippen LogP contribution in [0.3, 0.4) is 0 Å². The molecule has 26 heavy (non-hydrogen) atoms. The zero-order valence-corrected chi connectivity index (χ0v) is 15.4. The molecule has 1 aliphatic heterocycles. The highest BCUT2D eigenvalue weighted by Crippen LogP contribution is 2.31. The van der Waals surface area contributed by atoms with E-state index in [2.05, 4.69) is 4.98 Å². The third kappa shape index (κ3) is 3.15. The Kier molecular flexibility index (Phi) is 4.32. The number of hydrogen-bond acceptors (Lipinski definition) is 2. The van der Waals surface area contributed by atoms with Gasteiger partial charge in [-0.05, 0) is 56.2 Å². The molecule has 0 radical (unpaired) electrons. The van der Waals surface area contributed by atoms with E-state index in [1.807, 2.05) is 25.1 Å². The minimum absolute atomic E-state index is 0.0828. The molecule has 4 rings (SSSR count). The number of aromatic nitrogens is 1. The lowest BCUT2D eigenvalue weighted by atomic mass is 9.96. The Hall–Kier alpha value is -2.18. The van der Waals surface area contributed by atoms with Crippen LogP contribution in [-0.2, 0) is 10.0 Å². The van der Waals surface area contributed by atoms with Crippen molar-refractivity contribution in [2.45, 2.75) is 30.6 Å². The molecule has 2 aromatic carbocycles. The lowest BCUT2D eigenvalue weighted by molar-refractivity contribution is 0.313. The Morgan fingerprint density at radius 1 is 1.12 bits per heavy atom. The maximum absolute atomic E-state index is 13.4. The molecule has 0 spiro atoms. The van der Waals surface area contributed by atoms with Gasteiger partial charge in [-0.3, -0.25) is 0 Å². The summed E-state index contributed by atoms with van der Waals surface area (Å²) in [5, 5.41) is 0.818. The molecule has 1 aliphatic rings. The third-order valence-corrected chi connectivity index (χ3v) is 6.97. The van der Waals surface area contributed by atoms with Crippen LogP contribution in [0.1, 0.15) is 30.0 Å². The predicted octanol–water partition coefficient (Wildman–Crippen LogP) is 4.18. The summed E-state index contributed by atoms with van der Waals surface area (Å²) >= 11 is 0. The van der Waals surface area contributed by atoms with Gasteiger partial charge in [0.2, 0.25) is 10.0 Å². The van der Waals surface area contributed by atoms with Crippen LogP contribution in [0.4, 0.5) is 4.39 Å². The number of fused-ring (bicyclic) bond motifs is 1. The standard InChI is InChI=1S/C20H21FN2O2S/c1-14-4-7-18(8-5-14)26(24,25)23-10-2-3-15(13-23)20-12-16-11-17(21)6-9-19(16)22-20/h4-9,11-12,15,22H,2-3,10,13H2,1H3. The number of nitrogens with one attached hydrogen (secondary N) is 1. The molecule has 0 bridgehead atoms. The summed E-state index contributed by atoms with van der Waals surface area (Å²) in [4.78, 5) is 3.66. The first-order chi connectivity index (χ1) is 12.4. The summed E-state index contributed by atoms with van der Waals surface area (Å²) in [6.07, 6.45) is 1.72. The van der Waals surface area contributed by atoms with Crippen LogP contribution in [0.25, 0.3) is 10.9 Å². The molecule has 136 valence electrons. The molecular weight excluding hydrogens is 351 g/mol. The van der Waals surface area contributed by atoms with E-state index >= 15 is 0 Å². The molecule has 6 heteroatoms. The first kappa shape index (κ1) is 17.2. The minimum atomic E-state index is -3.50. The lowest BCUT2D eigenvalue weighted by Crippen LogP contribution is -2.39. The summed E-state index contributed by atoms with van der Waals surface area (Å²) in [6, 6.07) is 13.6. The van der Waals surface area contributed by atoms with Crippen molar-refractivity contribution in [3.63, 3.8) is 0 Å². The van der Waals surface area contributed by atoms with Crippen molar-refractivity contribution >= 4 is 20.9 Å². The second-order valence-corrected chi connectivity index (χ2v) is 8.91. The highest BCUT2D eigenvalue weighted by molar-refractivity contribution is 7.89. The Balaban J connectivity index is 1.61. The quantitative estimate of drug-likeness (QED) is 0.750. The van der Waals surface area contributed by atoms with Crippen LogP contribution in [0, 0.1) is 12.7 Å². The Morgan fingerprint density at radius 2 is 1.88 bits per heavy atom. The highest BCUT2D eigenvalue weighted by Gasteiger charge is 2.31. The third-order valence-electron chi connectivity index (χ3n) is 5.09. The number of H-pyrrole nitrogens is 1. The molecule has 0 saturated carbocycles. The molecule has 4 nitrogen and oxygen atoms in total. The molecular formula is C20H21FN2O2S. The number of piperidine rings is 1. The van der Waals surface area contributed by atoms with Crippen molar-refractivity contribution in [1.82, 2.24) is 9.29 Å². The Bertz CT molecular complexity index is 1040. The predicted molar refractivity (Wildman–Crippen MR) is 100 cm³/mol. The van der Waals surface area contributed by atoms with Gasteiger partial charge in [-0.15, -0.1) is 0 Å². The monoisotopic (exact) mass is 372 g/mol. The number of rotatable bonds is 3. The van der Waals surface area contributed by atoms with Gasteiger partial charge in [0, 0.05) is 35.6 Å². The van der Waals surface area contributed by atoms with E-state index in [1.165, 1.54) is 12.1 Å². The van der Waals surface area contributed by atoms with Gasteiger partial charge in [0.15, 0.2) is 0 Å². The summed E-state index contributed by atoms with van der Waals surface area (Å²) in [5.41, 5.74) is 2.88. The van der Waals surface area contributed by atoms with Crippen molar-refractivity contribution in [3.05, 3.63) is 65.6 Å². The van der Waals surface area contributed by atoms with Gasteiger partial charge < -0.3 is 4.98 Å². The van der Waals surface area contributed by atoms with Gasteiger partial charge in [0.1, 0.15) is 5.82 Å². The van der Waals surface area contributed by atoms with Crippen molar-refractivity contribution in [2.24, 2.45) is 0 Å². The van der Waals surface area contributed by atoms with Crippen molar-refractivity contribution in [1.29, 1.82) is 0 Å². The summed E-state index contributed by atoms with van der Waals surface area (Å²) in [7, 11) is -3.50. The van der Waals surface area contributed by atoms with E-state index in [-0.39, 0.29) is 11.7 Å².